The summed E-state index contributed by atoms with van der Waals surface area (Å²) in [5.74, 6) is -4.39. The van der Waals surface area contributed by atoms with E-state index in [4.69, 9.17) is 15.9 Å². The zero-order valence-corrected chi connectivity index (χ0v) is 18.0. The summed E-state index contributed by atoms with van der Waals surface area (Å²) < 4.78 is 14.5. The minimum absolute atomic E-state index is 0.0124. The van der Waals surface area contributed by atoms with Crippen LogP contribution in [0.3, 0.4) is 0 Å². The van der Waals surface area contributed by atoms with Crippen LogP contribution in [0.4, 0.5) is 27.7 Å². The van der Waals surface area contributed by atoms with Gasteiger partial charge in [-0.3, -0.25) is 19.4 Å². The summed E-state index contributed by atoms with van der Waals surface area (Å²) >= 11 is 0. The fraction of sp³-hybridized carbons (Fsp3) is 0.368. The minimum Gasteiger partial charge on any atom is -0.481 e. The number of fused-ring (bicyclic) bond motifs is 1. The number of hydrogen-bond acceptors (Lipinski definition) is 10. The van der Waals surface area contributed by atoms with Crippen molar-refractivity contribution in [1.82, 2.24) is 20.3 Å². The number of amides is 1. The number of carboxylic acid groups (broad SMARTS) is 2. The molecule has 14 nitrogen and oxygen atoms in total. The van der Waals surface area contributed by atoms with Gasteiger partial charge >= 0.3 is 11.9 Å². The second kappa shape index (κ2) is 10.0. The first-order valence-electron chi connectivity index (χ1n) is 10.1. The second-order valence-corrected chi connectivity index (χ2v) is 7.51. The van der Waals surface area contributed by atoms with E-state index in [1.54, 1.807) is 11.9 Å². The van der Waals surface area contributed by atoms with Crippen LogP contribution in [0, 0.1) is 5.95 Å². The van der Waals surface area contributed by atoms with E-state index in [-0.39, 0.29) is 30.8 Å². The molecule has 182 valence electrons. The number of carbonyl (C=O) groups excluding carboxylic acids is 1. The Bertz CT molecular complexity index is 1170. The Morgan fingerprint density at radius 1 is 1.32 bits per heavy atom. The Morgan fingerprint density at radius 3 is 2.71 bits per heavy atom. The number of aromatic nitrogens is 3. The van der Waals surface area contributed by atoms with Gasteiger partial charge in [0, 0.05) is 26.6 Å². The number of rotatable bonds is 9. The summed E-state index contributed by atoms with van der Waals surface area (Å²) in [5.41, 5.74) is 4.95. The van der Waals surface area contributed by atoms with Crippen LogP contribution in [-0.2, 0) is 9.59 Å². The number of carboxylic acids is 2. The van der Waals surface area contributed by atoms with E-state index in [9.17, 15) is 23.6 Å². The highest BCUT2D eigenvalue weighted by Crippen LogP contribution is 2.25. The predicted molar refractivity (Wildman–Crippen MR) is 118 cm³/mol. The average molecular weight is 477 g/mol. The van der Waals surface area contributed by atoms with Gasteiger partial charge in [-0.1, -0.05) is 0 Å². The third-order valence-corrected chi connectivity index (χ3v) is 5.18. The highest BCUT2D eigenvalue weighted by molar-refractivity contribution is 5.96. The number of nitrogens with zero attached hydrogens (tertiary/aromatic N) is 3. The van der Waals surface area contributed by atoms with E-state index in [1.807, 2.05) is 0 Å². The summed E-state index contributed by atoms with van der Waals surface area (Å²) in [5, 5.41) is 25.9. The van der Waals surface area contributed by atoms with Gasteiger partial charge in [-0.25, -0.2) is 9.78 Å². The molecule has 0 fully saturated rings. The fourth-order valence-corrected chi connectivity index (χ4v) is 3.36. The number of pyridine rings is 1. The Morgan fingerprint density at radius 2 is 2.06 bits per heavy atom. The number of carbonyl (C=O) groups is 3. The Hall–Kier alpha value is -4.43. The SMILES string of the molecule is CN1c2c(nc(N)[nH]c2=O)NCC1CNc1ccc(C(=O)N[C@@H](CCC(=O)O)C(=O)O)c([18F])n1. The summed E-state index contributed by atoms with van der Waals surface area (Å²) in [4.78, 5) is 58.2. The van der Waals surface area contributed by atoms with Crippen LogP contribution in [0.1, 0.15) is 23.2 Å². The number of hydrogen-bond donors (Lipinski definition) is 7. The van der Waals surface area contributed by atoms with Gasteiger partial charge in [0.05, 0.1) is 11.6 Å². The highest BCUT2D eigenvalue weighted by atomic mass is 18.2. The van der Waals surface area contributed by atoms with Gasteiger partial charge in [-0.15, -0.1) is 0 Å². The number of H-pyrrole nitrogens is 1. The van der Waals surface area contributed by atoms with Crippen molar-refractivity contribution in [2.45, 2.75) is 24.9 Å². The Balaban J connectivity index is 1.64. The van der Waals surface area contributed by atoms with E-state index in [1.165, 1.54) is 6.07 Å². The van der Waals surface area contributed by atoms with Crippen molar-refractivity contribution in [3.63, 3.8) is 0 Å². The van der Waals surface area contributed by atoms with Crippen molar-refractivity contribution in [3.8, 4) is 0 Å². The molecule has 1 unspecified atom stereocenters. The molecule has 0 aliphatic carbocycles. The van der Waals surface area contributed by atoms with E-state index < -0.39 is 47.4 Å². The van der Waals surface area contributed by atoms with Crippen molar-refractivity contribution < 1.29 is 29.0 Å². The molecule has 1 aliphatic rings. The summed E-state index contributed by atoms with van der Waals surface area (Å²) in [6, 6.07) is 0.735. The topological polar surface area (TPSA) is 216 Å². The lowest BCUT2D eigenvalue weighted by atomic mass is 10.1. The third kappa shape index (κ3) is 5.48. The molecule has 2 aromatic rings. The van der Waals surface area contributed by atoms with E-state index in [2.05, 4.69) is 30.9 Å². The number of nitrogens with one attached hydrogen (secondary N) is 4. The monoisotopic (exact) mass is 477 g/mol. The lowest BCUT2D eigenvalue weighted by Gasteiger charge is -2.35. The van der Waals surface area contributed by atoms with Gasteiger partial charge in [0.2, 0.25) is 11.9 Å². The van der Waals surface area contributed by atoms with Crippen LogP contribution in [0.5, 0.6) is 0 Å². The normalized spacial score (nSPS) is 15.6. The first-order valence-corrected chi connectivity index (χ1v) is 10.1. The Kier molecular flexibility index (Phi) is 7.13. The second-order valence-electron chi connectivity index (χ2n) is 7.51. The van der Waals surface area contributed by atoms with E-state index in [0.29, 0.717) is 18.1 Å². The molecule has 2 aromatic heterocycles. The van der Waals surface area contributed by atoms with Crippen LogP contribution in [-0.4, -0.2) is 75.2 Å². The number of aromatic amines is 1. The first-order chi connectivity index (χ1) is 16.1. The van der Waals surface area contributed by atoms with Gasteiger partial charge in [0.25, 0.3) is 11.5 Å². The molecule has 1 aliphatic heterocycles. The molecule has 0 bridgehead atoms. The zero-order chi connectivity index (χ0) is 25.0. The number of anilines is 4. The third-order valence-electron chi connectivity index (χ3n) is 5.18. The zero-order valence-electron chi connectivity index (χ0n) is 18.0. The Labute approximate surface area is 191 Å². The van der Waals surface area contributed by atoms with E-state index >= 15 is 0 Å². The number of halogens is 1. The van der Waals surface area contributed by atoms with Gasteiger partial charge in [0.1, 0.15) is 17.5 Å². The van der Waals surface area contributed by atoms with E-state index in [0.717, 1.165) is 6.07 Å². The number of nitrogen functional groups attached to an aromatic ring is 1. The minimum atomic E-state index is -1.49. The van der Waals surface area contributed by atoms with Crippen molar-refractivity contribution in [2.24, 2.45) is 0 Å². The van der Waals surface area contributed by atoms with Crippen LogP contribution >= 0.6 is 0 Å². The molecule has 34 heavy (non-hydrogen) atoms. The number of aliphatic carboxylic acids is 2. The van der Waals surface area contributed by atoms with Gasteiger partial charge in [-0.2, -0.15) is 9.37 Å². The molecule has 3 rings (SSSR count). The van der Waals surface area contributed by atoms with Crippen molar-refractivity contribution in [2.75, 3.05) is 41.4 Å². The lowest BCUT2D eigenvalue weighted by molar-refractivity contribution is -0.140. The van der Waals surface area contributed by atoms with Crippen LogP contribution < -0.4 is 32.1 Å². The average Bonchev–Trinajstić information content (AvgIpc) is 2.75. The molecule has 0 saturated heterocycles. The molecule has 15 heteroatoms. The van der Waals surface area contributed by atoms with Crippen LogP contribution in [0.25, 0.3) is 0 Å². The quantitative estimate of drug-likeness (QED) is 0.223. The number of likely N-dealkylation sites (N-methyl/N-ethyl adjacent to an activating group) is 1. The first kappa shape index (κ1) is 24.2. The lowest BCUT2D eigenvalue weighted by Crippen LogP contribution is -2.48. The predicted octanol–water partition coefficient (Wildman–Crippen LogP) is -0.724. The number of nitrogens with two attached hydrogens (primary N) is 1. The molecule has 0 spiro atoms. The standard InChI is InChI=1S/C19H23FN8O6/c1-28-8(7-23-15-13(28)17(32)27-19(21)26-15)6-22-11-4-2-9(14(20)25-11)16(31)24-10(18(33)34)3-5-12(29)30/h2,4,8,10H,3,5-7H2,1H3,(H,22,25)(H,24,31)(H,29,30)(H,33,34)(H4,21,23,26,27,32)/t8?,10-/m0/s1/i20-1. The molecule has 2 atom stereocenters. The van der Waals surface area contributed by atoms with Gasteiger partial charge in [-0.05, 0) is 18.6 Å². The maximum absolute atomic E-state index is 14.5. The molecule has 0 aromatic carbocycles. The highest BCUT2D eigenvalue weighted by Gasteiger charge is 2.28. The largest absolute Gasteiger partial charge is 0.481 e. The molecular weight excluding hydrogens is 454 g/mol. The molecule has 1 amide bonds. The molecule has 0 saturated carbocycles. The molecule has 0 radical (unpaired) electrons. The van der Waals surface area contributed by atoms with Crippen molar-refractivity contribution in [1.29, 1.82) is 0 Å². The maximum Gasteiger partial charge on any atom is 0.326 e. The van der Waals surface area contributed by atoms with Crippen molar-refractivity contribution in [3.05, 3.63) is 34.0 Å². The molecule has 3 heterocycles. The molecule has 8 N–H and O–H groups in total. The smallest absolute Gasteiger partial charge is 0.326 e. The summed E-state index contributed by atoms with van der Waals surface area (Å²) in [7, 11) is 1.70. The van der Waals surface area contributed by atoms with Gasteiger partial charge in [0.15, 0.2) is 5.82 Å². The summed E-state index contributed by atoms with van der Waals surface area (Å²) in [6.07, 6.45) is -0.840. The maximum atomic E-state index is 14.5. The van der Waals surface area contributed by atoms with Crippen molar-refractivity contribution >= 4 is 41.1 Å². The van der Waals surface area contributed by atoms with Crippen LogP contribution in [0.2, 0.25) is 0 Å². The fourth-order valence-electron chi connectivity index (χ4n) is 3.36. The van der Waals surface area contributed by atoms with Crippen LogP contribution in [0.15, 0.2) is 16.9 Å². The molecular formula is C19H23FN8O6. The summed E-state index contributed by atoms with van der Waals surface area (Å²) in [6.45, 7) is 0.656. The van der Waals surface area contributed by atoms with Gasteiger partial charge < -0.3 is 36.8 Å².